The molecule has 4 N–H and O–H groups in total. The summed E-state index contributed by atoms with van der Waals surface area (Å²) in [6.07, 6.45) is 16.4. The average molecular weight is 553 g/mol. The highest BCUT2D eigenvalue weighted by atomic mass is 19.1. The Bertz CT molecular complexity index is 1650. The fraction of sp³-hybridized carbons (Fsp3) is 0.182. The van der Waals surface area contributed by atoms with Gasteiger partial charge in [-0.15, -0.1) is 12.8 Å². The van der Waals surface area contributed by atoms with Gasteiger partial charge in [0.25, 0.3) is 0 Å². The number of benzene rings is 1. The van der Waals surface area contributed by atoms with Gasteiger partial charge in [0.2, 0.25) is 0 Å². The standard InChI is InChI=1S/C31H32F2N6.C2H2/c1-7-19(15-22(8-2)37-18(3)31(4,5)6)24-17-36-30(34)23(27(24)33)16-26-38-25-13-14-35-28(29(25)39-26)20-9-11-21(32)12-10-20;1-2/h7-15,17,37H,2-3,16H2,1,4-6H3,(H2,34,36)(H,38,39);1-2H/b19-7+,22-15+;. The number of aromatic nitrogens is 4. The van der Waals surface area contributed by atoms with Gasteiger partial charge in [-0.25, -0.2) is 18.7 Å². The van der Waals surface area contributed by atoms with Gasteiger partial charge in [-0.3, -0.25) is 4.98 Å². The predicted molar refractivity (Wildman–Crippen MR) is 164 cm³/mol. The van der Waals surface area contributed by atoms with Gasteiger partial charge in [0.1, 0.15) is 28.8 Å². The van der Waals surface area contributed by atoms with Crippen molar-refractivity contribution < 1.29 is 8.78 Å². The Morgan fingerprint density at radius 3 is 2.41 bits per heavy atom. The molecule has 3 heterocycles. The number of rotatable bonds is 8. The highest BCUT2D eigenvalue weighted by Crippen LogP contribution is 2.30. The van der Waals surface area contributed by atoms with Crippen LogP contribution in [0.4, 0.5) is 14.6 Å². The van der Waals surface area contributed by atoms with Crippen molar-refractivity contribution >= 4 is 22.4 Å². The number of anilines is 1. The van der Waals surface area contributed by atoms with E-state index in [-0.39, 0.29) is 29.0 Å². The Kier molecular flexibility index (Phi) is 9.59. The summed E-state index contributed by atoms with van der Waals surface area (Å²) in [6, 6.07) is 7.81. The van der Waals surface area contributed by atoms with Crippen molar-refractivity contribution in [2.75, 3.05) is 5.73 Å². The molecule has 0 atom stereocenters. The lowest BCUT2D eigenvalue weighted by atomic mass is 9.92. The minimum Gasteiger partial charge on any atom is -0.383 e. The molecular weight excluding hydrogens is 518 g/mol. The van der Waals surface area contributed by atoms with E-state index in [4.69, 9.17) is 5.73 Å². The molecule has 0 aliphatic carbocycles. The first-order valence-corrected chi connectivity index (χ1v) is 12.8. The number of imidazole rings is 1. The van der Waals surface area contributed by atoms with E-state index in [2.05, 4.69) is 51.3 Å². The van der Waals surface area contributed by atoms with Crippen molar-refractivity contribution in [3.8, 4) is 24.1 Å². The molecule has 6 nitrogen and oxygen atoms in total. The summed E-state index contributed by atoms with van der Waals surface area (Å²) in [5, 5.41) is 3.26. The van der Waals surface area contributed by atoms with E-state index in [1.165, 1.54) is 18.3 Å². The predicted octanol–water partition coefficient (Wildman–Crippen LogP) is 7.34. The first-order chi connectivity index (χ1) is 19.5. The summed E-state index contributed by atoms with van der Waals surface area (Å²) >= 11 is 0. The normalized spacial score (nSPS) is 12.0. The van der Waals surface area contributed by atoms with Crippen molar-refractivity contribution in [1.29, 1.82) is 0 Å². The second-order valence-electron chi connectivity index (χ2n) is 10.2. The fourth-order valence-corrected chi connectivity index (χ4v) is 3.96. The lowest BCUT2D eigenvalue weighted by molar-refractivity contribution is 0.478. The van der Waals surface area contributed by atoms with E-state index in [0.717, 1.165) is 16.8 Å². The van der Waals surface area contributed by atoms with Gasteiger partial charge in [-0.05, 0) is 55.0 Å². The molecule has 8 heteroatoms. The first kappa shape index (κ1) is 30.5. The molecule has 0 aliphatic rings. The molecule has 4 rings (SSSR count). The molecular formula is C33H34F2N6. The van der Waals surface area contributed by atoms with Crippen LogP contribution in [0.2, 0.25) is 0 Å². The Labute approximate surface area is 239 Å². The Morgan fingerprint density at radius 2 is 1.80 bits per heavy atom. The lowest BCUT2D eigenvalue weighted by Gasteiger charge is -2.24. The molecule has 0 saturated heterocycles. The number of nitrogen functional groups attached to an aromatic ring is 1. The molecule has 0 radical (unpaired) electrons. The van der Waals surface area contributed by atoms with Crippen molar-refractivity contribution in [2.45, 2.75) is 34.1 Å². The third-order valence-corrected chi connectivity index (χ3v) is 6.41. The van der Waals surface area contributed by atoms with Crippen LogP contribution in [0.25, 0.3) is 27.9 Å². The Balaban J connectivity index is 0.00000226. The third-order valence-electron chi connectivity index (χ3n) is 6.41. The fourth-order valence-electron chi connectivity index (χ4n) is 3.96. The third kappa shape index (κ3) is 6.95. The molecule has 0 bridgehead atoms. The molecule has 1 aromatic carbocycles. The molecule has 0 unspecified atom stereocenters. The smallest absolute Gasteiger partial charge is 0.139 e. The highest BCUT2D eigenvalue weighted by molar-refractivity contribution is 5.89. The maximum Gasteiger partial charge on any atom is 0.139 e. The zero-order valence-corrected chi connectivity index (χ0v) is 23.7. The van der Waals surface area contributed by atoms with Gasteiger partial charge >= 0.3 is 0 Å². The Hall–Kier alpha value is -5.03. The number of nitrogens with zero attached hydrogens (tertiary/aromatic N) is 3. The zero-order valence-electron chi connectivity index (χ0n) is 23.7. The largest absolute Gasteiger partial charge is 0.383 e. The molecule has 0 amide bonds. The quantitative estimate of drug-likeness (QED) is 0.157. The average Bonchev–Trinajstić information content (AvgIpc) is 3.37. The maximum absolute atomic E-state index is 16.0. The van der Waals surface area contributed by atoms with Crippen LogP contribution in [0, 0.1) is 29.9 Å². The van der Waals surface area contributed by atoms with E-state index < -0.39 is 5.82 Å². The monoisotopic (exact) mass is 552 g/mol. The number of fused-ring (bicyclic) bond motifs is 1. The molecule has 0 fully saturated rings. The van der Waals surface area contributed by atoms with Crippen LogP contribution in [0.1, 0.15) is 44.6 Å². The van der Waals surface area contributed by atoms with Gasteiger partial charge in [-0.2, -0.15) is 0 Å². The van der Waals surface area contributed by atoms with Crippen molar-refractivity contribution in [1.82, 2.24) is 25.3 Å². The number of hydrogen-bond acceptors (Lipinski definition) is 5. The first-order valence-electron chi connectivity index (χ1n) is 12.8. The summed E-state index contributed by atoms with van der Waals surface area (Å²) in [5.41, 5.74) is 11.2. The molecule has 41 heavy (non-hydrogen) atoms. The SMILES string of the molecule is C#C.C=C/C(=C\C(=C/C)c1cnc(N)c(Cc2nc3c(-c4ccc(F)cc4)nccc3[nH]2)c1F)NC(=C)C(C)(C)C. The molecule has 3 aromatic heterocycles. The van der Waals surface area contributed by atoms with Crippen LogP contribution in [-0.2, 0) is 6.42 Å². The van der Waals surface area contributed by atoms with E-state index >= 15 is 4.39 Å². The van der Waals surface area contributed by atoms with Gasteiger partial charge in [0.05, 0.1) is 11.2 Å². The second kappa shape index (κ2) is 12.9. The topological polar surface area (TPSA) is 92.5 Å². The lowest BCUT2D eigenvalue weighted by Crippen LogP contribution is -2.22. The zero-order chi connectivity index (χ0) is 30.3. The van der Waals surface area contributed by atoms with Crippen LogP contribution in [0.15, 0.2) is 85.5 Å². The van der Waals surface area contributed by atoms with Crippen LogP contribution in [0.3, 0.4) is 0 Å². The number of allylic oxidation sites excluding steroid dienone is 5. The number of aromatic amines is 1. The van der Waals surface area contributed by atoms with E-state index in [9.17, 15) is 4.39 Å². The number of halogens is 2. The minimum absolute atomic E-state index is 0.0798. The number of nitrogens with one attached hydrogen (secondary N) is 2. The number of hydrogen-bond donors (Lipinski definition) is 3. The molecule has 0 saturated carbocycles. The number of pyridine rings is 2. The van der Waals surface area contributed by atoms with Crippen LogP contribution < -0.4 is 11.1 Å². The van der Waals surface area contributed by atoms with Crippen LogP contribution in [-0.4, -0.2) is 19.9 Å². The molecule has 0 aliphatic heterocycles. The maximum atomic E-state index is 16.0. The van der Waals surface area contributed by atoms with Gasteiger partial charge in [0.15, 0.2) is 0 Å². The van der Waals surface area contributed by atoms with E-state index in [1.807, 2.05) is 27.7 Å². The number of terminal acetylenes is 1. The van der Waals surface area contributed by atoms with Crippen molar-refractivity contribution in [3.63, 3.8) is 0 Å². The summed E-state index contributed by atoms with van der Waals surface area (Å²) < 4.78 is 29.4. The van der Waals surface area contributed by atoms with Gasteiger partial charge in [0, 0.05) is 52.3 Å². The molecule has 210 valence electrons. The molecule has 4 aromatic rings. The van der Waals surface area contributed by atoms with E-state index in [1.54, 1.807) is 42.6 Å². The van der Waals surface area contributed by atoms with Gasteiger partial charge < -0.3 is 16.0 Å². The summed E-state index contributed by atoms with van der Waals surface area (Å²) in [4.78, 5) is 16.6. The van der Waals surface area contributed by atoms with Crippen LogP contribution in [0.5, 0.6) is 0 Å². The van der Waals surface area contributed by atoms with Gasteiger partial charge in [-0.1, -0.05) is 40.0 Å². The minimum atomic E-state index is -0.484. The summed E-state index contributed by atoms with van der Waals surface area (Å²) in [7, 11) is 0. The van der Waals surface area contributed by atoms with Crippen molar-refractivity contribution in [2.24, 2.45) is 5.41 Å². The Morgan fingerprint density at radius 1 is 1.12 bits per heavy atom. The summed E-state index contributed by atoms with van der Waals surface area (Å²) in [6.45, 7) is 15.9. The van der Waals surface area contributed by atoms with E-state index in [0.29, 0.717) is 33.9 Å². The summed E-state index contributed by atoms with van der Waals surface area (Å²) in [5.74, 6) is -0.241. The molecule has 0 spiro atoms. The number of H-pyrrole nitrogens is 1. The van der Waals surface area contributed by atoms with Crippen molar-refractivity contribution in [3.05, 3.63) is 114 Å². The highest BCUT2D eigenvalue weighted by Gasteiger charge is 2.19. The second-order valence-corrected chi connectivity index (χ2v) is 10.2. The van der Waals surface area contributed by atoms with Crippen LogP contribution >= 0.6 is 0 Å². The number of nitrogens with two attached hydrogens (primary N) is 1.